The van der Waals surface area contributed by atoms with Crippen LogP contribution in [0.1, 0.15) is 18.1 Å². The van der Waals surface area contributed by atoms with E-state index in [-0.39, 0.29) is 0 Å². The second kappa shape index (κ2) is 22.2. The number of aryl methyl sites for hydroxylation is 2. The molecule has 3 nitrogen and oxygen atoms in total. The smallest absolute Gasteiger partial charge is 0.227 e. The van der Waals surface area contributed by atoms with Crippen LogP contribution in [-0.2, 0) is 0 Å². The first-order chi connectivity index (χ1) is 35.9. The summed E-state index contributed by atoms with van der Waals surface area (Å²) in [7, 11) is 0. The van der Waals surface area contributed by atoms with Crippen molar-refractivity contribution in [2.45, 2.75) is 20.8 Å². The summed E-state index contributed by atoms with van der Waals surface area (Å²) in [5.41, 5.74) is 20.4. The summed E-state index contributed by atoms with van der Waals surface area (Å²) in [6.45, 7) is 9.49. The van der Waals surface area contributed by atoms with Crippen molar-refractivity contribution >= 4 is 38.9 Å². The molecule has 73 heavy (non-hydrogen) atoms. The van der Waals surface area contributed by atoms with E-state index in [1.807, 2.05) is 31.2 Å². The number of allylic oxidation sites excluding steroid dienone is 1. The Morgan fingerprint density at radius 2 is 0.740 bits per heavy atom. The van der Waals surface area contributed by atoms with E-state index in [2.05, 4.69) is 268 Å². The number of benzene rings is 11. The van der Waals surface area contributed by atoms with E-state index in [0.29, 0.717) is 5.89 Å². The molecule has 11 aromatic carbocycles. The van der Waals surface area contributed by atoms with Crippen LogP contribution in [0.4, 0.5) is 17.1 Å². The number of nitrogens with zero attached hydrogens (tertiary/aromatic N) is 2. The largest absolute Gasteiger partial charge is 0.436 e. The molecule has 0 atom stereocenters. The molecule has 3 heteroatoms. The Balaban J connectivity index is 0.000000499. The molecule has 0 unspecified atom stereocenters. The molecule has 0 saturated heterocycles. The van der Waals surface area contributed by atoms with E-state index in [0.717, 1.165) is 44.9 Å². The van der Waals surface area contributed by atoms with Crippen molar-refractivity contribution in [3.8, 4) is 67.1 Å². The third-order valence-electron chi connectivity index (χ3n) is 13.2. The van der Waals surface area contributed by atoms with Crippen LogP contribution in [0, 0.1) is 13.8 Å². The van der Waals surface area contributed by atoms with Gasteiger partial charge >= 0.3 is 0 Å². The van der Waals surface area contributed by atoms with E-state index < -0.39 is 0 Å². The van der Waals surface area contributed by atoms with Crippen LogP contribution in [0.3, 0.4) is 0 Å². The molecule has 0 aliphatic heterocycles. The van der Waals surface area contributed by atoms with Crippen molar-refractivity contribution in [1.29, 1.82) is 0 Å². The first-order valence-electron chi connectivity index (χ1n) is 24.8. The van der Waals surface area contributed by atoms with Crippen molar-refractivity contribution < 1.29 is 4.42 Å². The second-order valence-corrected chi connectivity index (χ2v) is 18.0. The standard InChI is InChI=1S/C59H40N2O.C8H10.C3H6/c1-2-15-48(16-3-1)61(49-37-33-42(34-38-49)41-25-27-44(28-26-41)52-22-12-14-43-13-4-5-17-51(43)52)50-39-35-46(36-40-50)54-19-7-9-21-56(54)55-20-8-6-18-53(55)45-29-31-47(32-30-45)59-60-57-23-10-11-24-58(57)62-59;1-7-5-3-4-6-8(7)2;1-3-2/h1-40H;3-6H,1-2H3;3H,1H2,2H3. The summed E-state index contributed by atoms with van der Waals surface area (Å²) < 4.78 is 6.06. The highest BCUT2D eigenvalue weighted by Crippen LogP contribution is 2.41. The summed E-state index contributed by atoms with van der Waals surface area (Å²) in [5, 5.41) is 2.53. The molecule has 0 spiro atoms. The highest BCUT2D eigenvalue weighted by molar-refractivity contribution is 5.97. The average Bonchev–Trinajstić information content (AvgIpc) is 3.90. The molecule has 12 aromatic rings. The third-order valence-corrected chi connectivity index (χ3v) is 13.2. The number of rotatable bonds is 9. The van der Waals surface area contributed by atoms with Crippen molar-refractivity contribution in [2.75, 3.05) is 4.90 Å². The number of fused-ring (bicyclic) bond motifs is 2. The zero-order chi connectivity index (χ0) is 49.9. The second-order valence-electron chi connectivity index (χ2n) is 18.0. The molecule has 0 saturated carbocycles. The van der Waals surface area contributed by atoms with Gasteiger partial charge in [-0.3, -0.25) is 0 Å². The molecule has 0 bridgehead atoms. The van der Waals surface area contributed by atoms with Gasteiger partial charge in [-0.15, -0.1) is 6.58 Å². The molecule has 352 valence electrons. The molecule has 0 aliphatic carbocycles. The van der Waals surface area contributed by atoms with Crippen LogP contribution in [0.5, 0.6) is 0 Å². The fourth-order valence-corrected chi connectivity index (χ4v) is 9.33. The maximum atomic E-state index is 6.06. The first-order valence-corrected chi connectivity index (χ1v) is 24.8. The zero-order valence-corrected chi connectivity index (χ0v) is 41.5. The summed E-state index contributed by atoms with van der Waals surface area (Å²) in [5.74, 6) is 0.627. The minimum absolute atomic E-state index is 0.627. The molecule has 0 N–H and O–H groups in total. The predicted molar refractivity (Wildman–Crippen MR) is 311 cm³/mol. The Kier molecular flexibility index (Phi) is 14.4. The van der Waals surface area contributed by atoms with Gasteiger partial charge in [-0.25, -0.2) is 4.98 Å². The van der Waals surface area contributed by atoms with Crippen LogP contribution in [0.25, 0.3) is 89.0 Å². The molecule has 0 aliphatic rings. The van der Waals surface area contributed by atoms with Gasteiger partial charge in [0.2, 0.25) is 5.89 Å². The van der Waals surface area contributed by atoms with Crippen molar-refractivity contribution in [1.82, 2.24) is 4.98 Å². The lowest BCUT2D eigenvalue weighted by Gasteiger charge is -2.26. The zero-order valence-electron chi connectivity index (χ0n) is 41.5. The quantitative estimate of drug-likeness (QED) is 0.135. The Labute approximate surface area is 429 Å². The summed E-state index contributed by atoms with van der Waals surface area (Å²) in [6.07, 6.45) is 1.75. The van der Waals surface area contributed by atoms with E-state index in [4.69, 9.17) is 9.40 Å². The number of hydrogen-bond donors (Lipinski definition) is 0. The number of anilines is 3. The Morgan fingerprint density at radius 1 is 0.356 bits per heavy atom. The van der Waals surface area contributed by atoms with Crippen LogP contribution in [-0.4, -0.2) is 4.98 Å². The fraction of sp³-hybridized carbons (Fsp3) is 0.0429. The Hall–Kier alpha value is -9.31. The molecule has 0 amide bonds. The lowest BCUT2D eigenvalue weighted by atomic mass is 9.89. The topological polar surface area (TPSA) is 29.3 Å². The molecular weight excluding hydrogens is 885 g/mol. The van der Waals surface area contributed by atoms with Crippen molar-refractivity contribution in [3.05, 3.63) is 291 Å². The number of para-hydroxylation sites is 3. The third kappa shape index (κ3) is 10.6. The summed E-state index contributed by atoms with van der Waals surface area (Å²) in [6, 6.07) is 94.6. The van der Waals surface area contributed by atoms with Crippen LogP contribution >= 0.6 is 0 Å². The minimum atomic E-state index is 0.627. The SMILES string of the molecule is C=CC.Cc1ccccc1C.c1ccc(N(c2ccc(-c3ccc(-c4cccc5ccccc45)cc3)cc2)c2ccc(-c3ccccc3-c3ccccc3-c3ccc(-c4nc5ccccc5o4)cc3)cc2)cc1. The van der Waals surface area contributed by atoms with Crippen molar-refractivity contribution in [3.63, 3.8) is 0 Å². The molecule has 12 rings (SSSR count). The maximum absolute atomic E-state index is 6.06. The van der Waals surface area contributed by atoms with Crippen LogP contribution in [0.15, 0.2) is 284 Å². The monoisotopic (exact) mass is 940 g/mol. The van der Waals surface area contributed by atoms with Gasteiger partial charge in [-0.1, -0.05) is 212 Å². The maximum Gasteiger partial charge on any atom is 0.227 e. The molecule has 1 aromatic heterocycles. The summed E-state index contributed by atoms with van der Waals surface area (Å²) >= 11 is 0. The Bertz CT molecular complexity index is 3700. The lowest BCUT2D eigenvalue weighted by Crippen LogP contribution is -2.09. The number of oxazole rings is 1. The first kappa shape index (κ1) is 47.4. The molecular formula is C70H56N2O. The van der Waals surface area contributed by atoms with Gasteiger partial charge < -0.3 is 9.32 Å². The van der Waals surface area contributed by atoms with E-state index >= 15 is 0 Å². The van der Waals surface area contributed by atoms with Crippen LogP contribution < -0.4 is 4.90 Å². The number of hydrogen-bond acceptors (Lipinski definition) is 3. The van der Waals surface area contributed by atoms with Crippen LogP contribution in [0.2, 0.25) is 0 Å². The van der Waals surface area contributed by atoms with Gasteiger partial charge in [0.1, 0.15) is 5.52 Å². The van der Waals surface area contributed by atoms with Gasteiger partial charge in [0, 0.05) is 22.6 Å². The van der Waals surface area contributed by atoms with E-state index in [9.17, 15) is 0 Å². The highest BCUT2D eigenvalue weighted by atomic mass is 16.3. The van der Waals surface area contributed by atoms with Crippen molar-refractivity contribution in [2.24, 2.45) is 0 Å². The lowest BCUT2D eigenvalue weighted by molar-refractivity contribution is 0.620. The average molecular weight is 941 g/mol. The minimum Gasteiger partial charge on any atom is -0.436 e. The molecule has 1 heterocycles. The number of aromatic nitrogens is 1. The van der Waals surface area contributed by atoms with E-state index in [1.54, 1.807) is 6.08 Å². The molecule has 0 fully saturated rings. The normalized spacial score (nSPS) is 10.7. The fourth-order valence-electron chi connectivity index (χ4n) is 9.33. The van der Waals surface area contributed by atoms with Gasteiger partial charge in [-0.2, -0.15) is 0 Å². The van der Waals surface area contributed by atoms with Gasteiger partial charge in [-0.05, 0) is 159 Å². The Morgan fingerprint density at radius 3 is 1.30 bits per heavy atom. The van der Waals surface area contributed by atoms with Gasteiger partial charge in [0.15, 0.2) is 5.58 Å². The van der Waals surface area contributed by atoms with E-state index in [1.165, 1.54) is 66.4 Å². The van der Waals surface area contributed by atoms with Gasteiger partial charge in [0.25, 0.3) is 0 Å². The molecule has 0 radical (unpaired) electrons. The highest BCUT2D eigenvalue weighted by Gasteiger charge is 2.17. The predicted octanol–water partition coefficient (Wildman–Crippen LogP) is 19.9. The summed E-state index contributed by atoms with van der Waals surface area (Å²) in [4.78, 5) is 7.03. The van der Waals surface area contributed by atoms with Gasteiger partial charge in [0.05, 0.1) is 0 Å².